The van der Waals surface area contributed by atoms with Gasteiger partial charge in [0, 0.05) is 17.2 Å². The van der Waals surface area contributed by atoms with E-state index in [0.717, 1.165) is 17.6 Å². The molecule has 168 valence electrons. The molecule has 0 spiro atoms. The van der Waals surface area contributed by atoms with Gasteiger partial charge >= 0.3 is 0 Å². The van der Waals surface area contributed by atoms with Crippen molar-refractivity contribution in [2.75, 3.05) is 18.2 Å². The maximum atomic E-state index is 13.6. The number of aromatic nitrogens is 1. The molecule has 0 bridgehead atoms. The molecular formula is C20H22F2N2O5S2. The van der Waals surface area contributed by atoms with Gasteiger partial charge in [-0.25, -0.2) is 22.2 Å². The molecule has 3 rings (SSSR count). The van der Waals surface area contributed by atoms with Crippen LogP contribution in [0.15, 0.2) is 40.6 Å². The molecule has 11 heteroatoms. The van der Waals surface area contributed by atoms with E-state index in [-0.39, 0.29) is 34.1 Å². The van der Waals surface area contributed by atoms with Crippen LogP contribution in [0.3, 0.4) is 0 Å². The van der Waals surface area contributed by atoms with Gasteiger partial charge in [0.1, 0.15) is 18.4 Å². The fourth-order valence-electron chi connectivity index (χ4n) is 3.28. The summed E-state index contributed by atoms with van der Waals surface area (Å²) in [5.74, 6) is -1.09. The number of halogens is 2. The second-order valence-electron chi connectivity index (χ2n) is 7.37. The number of anilines is 1. The molecule has 0 aliphatic heterocycles. The molecule has 7 nitrogen and oxygen atoms in total. The highest BCUT2D eigenvalue weighted by Gasteiger charge is 2.34. The zero-order valence-corrected chi connectivity index (χ0v) is 18.2. The number of alkyl halides is 2. The van der Waals surface area contributed by atoms with E-state index in [0.29, 0.717) is 5.56 Å². The van der Waals surface area contributed by atoms with Crippen molar-refractivity contribution in [1.29, 1.82) is 0 Å². The zero-order valence-electron chi connectivity index (χ0n) is 16.5. The maximum absolute atomic E-state index is 13.6. The van der Waals surface area contributed by atoms with E-state index in [4.69, 9.17) is 5.11 Å². The number of amides is 1. The van der Waals surface area contributed by atoms with Gasteiger partial charge in [-0.05, 0) is 36.5 Å². The third kappa shape index (κ3) is 5.73. The summed E-state index contributed by atoms with van der Waals surface area (Å²) >= 11 is 1.04. The predicted octanol–water partition coefficient (Wildman–Crippen LogP) is 2.68. The summed E-state index contributed by atoms with van der Waals surface area (Å²) in [5, 5.41) is 22.9. The van der Waals surface area contributed by atoms with Crippen molar-refractivity contribution in [1.82, 2.24) is 4.98 Å². The first kappa shape index (κ1) is 23.5. The van der Waals surface area contributed by atoms with Gasteiger partial charge in [-0.3, -0.25) is 10.1 Å². The van der Waals surface area contributed by atoms with Gasteiger partial charge < -0.3 is 10.2 Å². The fourth-order valence-corrected chi connectivity index (χ4v) is 4.66. The van der Waals surface area contributed by atoms with Crippen LogP contribution in [0, 0.1) is 5.92 Å². The minimum Gasteiger partial charge on any atom is -0.393 e. The van der Waals surface area contributed by atoms with Gasteiger partial charge in [0.15, 0.2) is 15.0 Å². The third-order valence-electron chi connectivity index (χ3n) is 4.95. The molecule has 31 heavy (non-hydrogen) atoms. The first-order chi connectivity index (χ1) is 14.6. The summed E-state index contributed by atoms with van der Waals surface area (Å²) in [4.78, 5) is 17.1. The number of carbonyl (C=O) groups excluding carboxylic acids is 1. The number of allylic oxidation sites excluding steroid dienone is 1. The van der Waals surface area contributed by atoms with Crippen LogP contribution in [0.1, 0.15) is 30.2 Å². The van der Waals surface area contributed by atoms with Crippen LogP contribution >= 0.6 is 11.3 Å². The predicted molar refractivity (Wildman–Crippen MR) is 113 cm³/mol. The Kier molecular flexibility index (Phi) is 7.20. The normalized spacial score (nSPS) is 23.0. The van der Waals surface area contributed by atoms with Crippen molar-refractivity contribution in [3.63, 3.8) is 0 Å². The maximum Gasteiger partial charge on any atom is 0.257 e. The molecule has 1 aromatic carbocycles. The van der Waals surface area contributed by atoms with E-state index in [1.54, 1.807) is 0 Å². The van der Waals surface area contributed by atoms with Crippen molar-refractivity contribution in [3.05, 3.63) is 47.0 Å². The fraction of sp³-hybridized carbons (Fsp3) is 0.400. The topological polar surface area (TPSA) is 117 Å². The van der Waals surface area contributed by atoms with Crippen LogP contribution in [-0.4, -0.2) is 54.7 Å². The number of nitrogens with one attached hydrogen (secondary N) is 1. The second kappa shape index (κ2) is 9.51. The van der Waals surface area contributed by atoms with Crippen LogP contribution in [-0.2, 0) is 14.6 Å². The van der Waals surface area contributed by atoms with Crippen molar-refractivity contribution in [3.8, 4) is 0 Å². The van der Waals surface area contributed by atoms with Gasteiger partial charge in [-0.1, -0.05) is 18.2 Å². The van der Waals surface area contributed by atoms with Crippen LogP contribution in [0.25, 0.3) is 5.57 Å². The molecule has 0 radical (unpaired) electrons. The van der Waals surface area contributed by atoms with E-state index in [1.807, 2.05) is 0 Å². The lowest BCUT2D eigenvalue weighted by Crippen LogP contribution is -2.15. The Morgan fingerprint density at radius 2 is 1.90 bits per heavy atom. The molecule has 1 aliphatic rings. The molecule has 1 amide bonds. The number of aliphatic hydroxyl groups is 2. The summed E-state index contributed by atoms with van der Waals surface area (Å²) in [6.45, 7) is -0.522. The van der Waals surface area contributed by atoms with Crippen LogP contribution in [0.5, 0.6) is 0 Å². The Morgan fingerprint density at radius 3 is 2.45 bits per heavy atom. The Morgan fingerprint density at radius 1 is 1.29 bits per heavy atom. The van der Waals surface area contributed by atoms with Gasteiger partial charge in [0.2, 0.25) is 0 Å². The lowest BCUT2D eigenvalue weighted by atomic mass is 9.98. The molecule has 0 saturated heterocycles. The SMILES string of the molecule is CS(=O)(=O)c1ccc(/C(=C\C2C[C@@H](F)[C@@H](F)C2)C(=O)Nc2nc([C@@H](O)CO)cs2)cc1. The highest BCUT2D eigenvalue weighted by molar-refractivity contribution is 7.90. The summed E-state index contributed by atoms with van der Waals surface area (Å²) in [7, 11) is -3.43. The molecule has 4 atom stereocenters. The molecule has 1 aromatic heterocycles. The van der Waals surface area contributed by atoms with Crippen molar-refractivity contribution >= 4 is 37.8 Å². The molecule has 2 aromatic rings. The Hall–Kier alpha value is -2.21. The second-order valence-corrected chi connectivity index (χ2v) is 10.2. The number of carbonyl (C=O) groups is 1. The van der Waals surface area contributed by atoms with E-state index in [2.05, 4.69) is 10.3 Å². The first-order valence-electron chi connectivity index (χ1n) is 9.44. The lowest BCUT2D eigenvalue weighted by Gasteiger charge is -2.11. The average Bonchev–Trinajstić information content (AvgIpc) is 3.31. The summed E-state index contributed by atoms with van der Waals surface area (Å²) in [6.07, 6.45) is -1.92. The summed E-state index contributed by atoms with van der Waals surface area (Å²) in [5.41, 5.74) is 0.711. The van der Waals surface area contributed by atoms with Gasteiger partial charge in [0.25, 0.3) is 5.91 Å². The van der Waals surface area contributed by atoms with Gasteiger partial charge in [0.05, 0.1) is 17.2 Å². The molecular weight excluding hydrogens is 450 g/mol. The van der Waals surface area contributed by atoms with Crippen molar-refractivity contribution in [2.24, 2.45) is 5.92 Å². The minimum atomic E-state index is -3.43. The Bertz CT molecular complexity index is 1060. The minimum absolute atomic E-state index is 0.0521. The van der Waals surface area contributed by atoms with Gasteiger partial charge in [-0.2, -0.15) is 0 Å². The monoisotopic (exact) mass is 472 g/mol. The van der Waals surface area contributed by atoms with Gasteiger partial charge in [-0.15, -0.1) is 11.3 Å². The quantitative estimate of drug-likeness (QED) is 0.534. The number of aliphatic hydroxyl groups excluding tert-OH is 2. The smallest absolute Gasteiger partial charge is 0.257 e. The number of hydrogen-bond acceptors (Lipinski definition) is 7. The van der Waals surface area contributed by atoms with E-state index < -0.39 is 46.7 Å². The largest absolute Gasteiger partial charge is 0.393 e. The van der Waals surface area contributed by atoms with Crippen LogP contribution < -0.4 is 5.32 Å². The van der Waals surface area contributed by atoms with Crippen LogP contribution in [0.4, 0.5) is 13.9 Å². The van der Waals surface area contributed by atoms with Crippen molar-refractivity contribution < 1.29 is 32.2 Å². The Balaban J connectivity index is 1.90. The molecule has 1 saturated carbocycles. The average molecular weight is 473 g/mol. The standard InChI is InChI=1S/C20H22F2N2O5S2/c1-31(28,29)13-4-2-12(3-5-13)14(6-11-7-15(21)16(22)8-11)19(27)24-20-23-17(10-30-20)18(26)9-25/h2-6,10-11,15-16,18,25-26H,7-9H2,1H3,(H,23,24,27)/b14-6+/t11?,15-,16+,18-/m0/s1. The molecule has 1 unspecified atom stereocenters. The first-order valence-corrected chi connectivity index (χ1v) is 12.2. The zero-order chi connectivity index (χ0) is 22.8. The number of sulfone groups is 1. The number of benzene rings is 1. The van der Waals surface area contributed by atoms with E-state index in [1.165, 1.54) is 35.7 Å². The molecule has 1 heterocycles. The molecule has 1 aliphatic carbocycles. The highest BCUT2D eigenvalue weighted by atomic mass is 32.2. The van der Waals surface area contributed by atoms with E-state index in [9.17, 15) is 27.1 Å². The summed E-state index contributed by atoms with van der Waals surface area (Å²) in [6, 6.07) is 5.63. The van der Waals surface area contributed by atoms with Crippen LogP contribution in [0.2, 0.25) is 0 Å². The molecule has 1 fully saturated rings. The number of thiazole rings is 1. The van der Waals surface area contributed by atoms with Crippen molar-refractivity contribution in [2.45, 2.75) is 36.2 Å². The number of rotatable bonds is 7. The third-order valence-corrected chi connectivity index (χ3v) is 6.85. The summed E-state index contributed by atoms with van der Waals surface area (Å²) < 4.78 is 50.7. The number of nitrogens with zero attached hydrogens (tertiary/aromatic N) is 1. The highest BCUT2D eigenvalue weighted by Crippen LogP contribution is 2.34. The lowest BCUT2D eigenvalue weighted by molar-refractivity contribution is -0.111. The Labute approximate surface area is 182 Å². The number of hydrogen-bond donors (Lipinski definition) is 3. The molecule has 3 N–H and O–H groups in total. The van der Waals surface area contributed by atoms with E-state index >= 15 is 0 Å².